The first-order valence-corrected chi connectivity index (χ1v) is 8.86. The number of ether oxygens (including phenoxy) is 1. The van der Waals surface area contributed by atoms with Crippen LogP contribution in [0, 0.1) is 11.6 Å². The van der Waals surface area contributed by atoms with Gasteiger partial charge in [-0.3, -0.25) is 4.79 Å². The lowest BCUT2D eigenvalue weighted by Crippen LogP contribution is -2.37. The number of pyridine rings is 1. The summed E-state index contributed by atoms with van der Waals surface area (Å²) in [6.45, 7) is 1.05. The summed E-state index contributed by atoms with van der Waals surface area (Å²) in [5.41, 5.74) is 0.512. The second kappa shape index (κ2) is 8.29. The molecule has 2 aromatic rings. The molecule has 0 spiro atoms. The summed E-state index contributed by atoms with van der Waals surface area (Å²) in [4.78, 5) is 18.1. The Bertz CT molecular complexity index is 814. The predicted molar refractivity (Wildman–Crippen MR) is 94.3 cm³/mol. The fraction of sp³-hybridized carbons (Fsp3) is 0.333. The van der Waals surface area contributed by atoms with Gasteiger partial charge in [0.05, 0.1) is 11.7 Å². The van der Waals surface area contributed by atoms with Crippen LogP contribution in [0.25, 0.3) is 0 Å². The number of benzene rings is 1. The van der Waals surface area contributed by atoms with Gasteiger partial charge in [-0.05, 0) is 36.6 Å². The summed E-state index contributed by atoms with van der Waals surface area (Å²) in [5.74, 6) is -1.75. The smallest absolute Gasteiger partial charge is 0.257 e. The van der Waals surface area contributed by atoms with E-state index in [-0.39, 0.29) is 29.9 Å². The molecule has 138 valence electrons. The molecule has 0 N–H and O–H groups in total. The molecule has 3 rings (SSSR count). The van der Waals surface area contributed by atoms with Gasteiger partial charge in [0, 0.05) is 19.7 Å². The third-order valence-corrected chi connectivity index (χ3v) is 4.67. The Morgan fingerprint density at radius 3 is 2.77 bits per heavy atom. The van der Waals surface area contributed by atoms with E-state index < -0.39 is 22.7 Å². The van der Waals surface area contributed by atoms with Crippen molar-refractivity contribution in [3.63, 3.8) is 0 Å². The van der Waals surface area contributed by atoms with Crippen LogP contribution in [0.1, 0.15) is 28.8 Å². The van der Waals surface area contributed by atoms with E-state index >= 15 is 0 Å². The molecule has 0 aliphatic carbocycles. The Morgan fingerprint density at radius 2 is 2.08 bits per heavy atom. The number of amides is 1. The number of hydrogen-bond acceptors (Lipinski definition) is 3. The number of aromatic nitrogens is 1. The number of carbonyl (C=O) groups excluding carboxylic acids is 1. The van der Waals surface area contributed by atoms with Gasteiger partial charge in [-0.25, -0.2) is 13.8 Å². The number of hydrogen-bond donors (Lipinski definition) is 0. The van der Waals surface area contributed by atoms with Gasteiger partial charge in [0.25, 0.3) is 5.91 Å². The van der Waals surface area contributed by atoms with Crippen LogP contribution in [0.3, 0.4) is 0 Å². The molecule has 2 heterocycles. The van der Waals surface area contributed by atoms with E-state index in [0.29, 0.717) is 12.2 Å². The van der Waals surface area contributed by atoms with Gasteiger partial charge >= 0.3 is 0 Å². The molecule has 1 aromatic heterocycles. The predicted octanol–water partition coefficient (Wildman–Crippen LogP) is 4.49. The molecule has 1 fully saturated rings. The summed E-state index contributed by atoms with van der Waals surface area (Å²) in [7, 11) is 0. The van der Waals surface area contributed by atoms with Crippen LogP contribution in [-0.2, 0) is 11.3 Å². The van der Waals surface area contributed by atoms with Crippen molar-refractivity contribution in [1.29, 1.82) is 0 Å². The molecule has 0 bridgehead atoms. The zero-order valence-electron chi connectivity index (χ0n) is 13.7. The summed E-state index contributed by atoms with van der Waals surface area (Å²) in [6.07, 6.45) is 1.59. The van der Waals surface area contributed by atoms with E-state index in [0.717, 1.165) is 18.9 Å². The first-order valence-electron chi connectivity index (χ1n) is 8.11. The monoisotopic (exact) mass is 400 g/mol. The molecule has 1 atom stereocenters. The van der Waals surface area contributed by atoms with Crippen molar-refractivity contribution in [2.45, 2.75) is 25.5 Å². The van der Waals surface area contributed by atoms with Gasteiger partial charge in [-0.1, -0.05) is 35.3 Å². The summed E-state index contributed by atoms with van der Waals surface area (Å²) in [6, 6.07) is 6.91. The van der Waals surface area contributed by atoms with Crippen LogP contribution >= 0.6 is 23.2 Å². The molecule has 1 aromatic carbocycles. The van der Waals surface area contributed by atoms with Crippen molar-refractivity contribution < 1.29 is 18.3 Å². The van der Waals surface area contributed by atoms with E-state index in [1.807, 2.05) is 0 Å². The molecular weight excluding hydrogens is 385 g/mol. The van der Waals surface area contributed by atoms with Gasteiger partial charge < -0.3 is 9.64 Å². The van der Waals surface area contributed by atoms with Crippen LogP contribution in [0.2, 0.25) is 10.3 Å². The van der Waals surface area contributed by atoms with Crippen molar-refractivity contribution in [3.05, 3.63) is 63.4 Å². The van der Waals surface area contributed by atoms with Crippen molar-refractivity contribution in [2.75, 3.05) is 13.2 Å². The molecular formula is C18H16Cl2F2N2O2. The van der Waals surface area contributed by atoms with E-state index in [9.17, 15) is 13.6 Å². The molecule has 1 amide bonds. The zero-order chi connectivity index (χ0) is 18.7. The van der Waals surface area contributed by atoms with Gasteiger partial charge in [0.15, 0.2) is 11.0 Å². The maximum absolute atomic E-state index is 13.8. The fourth-order valence-electron chi connectivity index (χ4n) is 2.88. The van der Waals surface area contributed by atoms with Crippen molar-refractivity contribution >= 4 is 29.1 Å². The van der Waals surface area contributed by atoms with Crippen LogP contribution in [0.4, 0.5) is 8.78 Å². The van der Waals surface area contributed by atoms with E-state index in [2.05, 4.69) is 4.98 Å². The Balaban J connectivity index is 1.88. The minimum Gasteiger partial charge on any atom is -0.376 e. The van der Waals surface area contributed by atoms with Crippen molar-refractivity contribution in [2.24, 2.45) is 0 Å². The third-order valence-electron chi connectivity index (χ3n) is 4.11. The number of halogens is 4. The Morgan fingerprint density at radius 1 is 1.27 bits per heavy atom. The fourth-order valence-corrected chi connectivity index (χ4v) is 3.28. The Labute approximate surface area is 159 Å². The van der Waals surface area contributed by atoms with Crippen molar-refractivity contribution in [1.82, 2.24) is 9.88 Å². The topological polar surface area (TPSA) is 42.4 Å². The lowest BCUT2D eigenvalue weighted by Gasteiger charge is -2.26. The highest BCUT2D eigenvalue weighted by atomic mass is 35.5. The van der Waals surface area contributed by atoms with Crippen LogP contribution in [0.15, 0.2) is 30.3 Å². The first kappa shape index (κ1) is 19.0. The maximum atomic E-state index is 13.8. The third kappa shape index (κ3) is 4.50. The standard InChI is InChI=1S/C18H16Cl2F2N2O2/c19-16-14(8-15(22)17(20)23-16)18(25)24(10-13-5-2-6-26-13)9-11-3-1-4-12(21)7-11/h1,3-4,7-8,13H,2,5-6,9-10H2. The number of carbonyl (C=O) groups is 1. The van der Waals surface area contributed by atoms with Gasteiger partial charge in [-0.2, -0.15) is 0 Å². The second-order valence-corrected chi connectivity index (χ2v) is 6.77. The average Bonchev–Trinajstić information content (AvgIpc) is 3.10. The van der Waals surface area contributed by atoms with E-state index in [4.69, 9.17) is 27.9 Å². The highest BCUT2D eigenvalue weighted by Gasteiger charge is 2.26. The number of nitrogens with zero attached hydrogens (tertiary/aromatic N) is 2. The zero-order valence-corrected chi connectivity index (χ0v) is 15.2. The lowest BCUT2D eigenvalue weighted by molar-refractivity contribution is 0.0506. The SMILES string of the molecule is O=C(c1cc(F)c(Cl)nc1Cl)N(Cc1cccc(F)c1)CC1CCCO1. The minimum absolute atomic E-state index is 0.0945. The molecule has 1 saturated heterocycles. The quantitative estimate of drug-likeness (QED) is 0.694. The molecule has 8 heteroatoms. The largest absolute Gasteiger partial charge is 0.376 e. The van der Waals surface area contributed by atoms with Gasteiger partial charge in [0.2, 0.25) is 0 Å². The molecule has 1 aliphatic rings. The highest BCUT2D eigenvalue weighted by Crippen LogP contribution is 2.24. The Hall–Kier alpha value is -1.76. The lowest BCUT2D eigenvalue weighted by atomic mass is 10.1. The molecule has 26 heavy (non-hydrogen) atoms. The van der Waals surface area contributed by atoms with Crippen LogP contribution < -0.4 is 0 Å². The highest BCUT2D eigenvalue weighted by molar-refractivity contribution is 6.34. The molecule has 0 radical (unpaired) electrons. The second-order valence-electron chi connectivity index (χ2n) is 6.05. The van der Waals surface area contributed by atoms with Gasteiger partial charge in [-0.15, -0.1) is 0 Å². The molecule has 1 unspecified atom stereocenters. The van der Waals surface area contributed by atoms with E-state index in [1.165, 1.54) is 17.0 Å². The summed E-state index contributed by atoms with van der Waals surface area (Å²) >= 11 is 11.6. The first-order chi connectivity index (χ1) is 12.4. The summed E-state index contributed by atoms with van der Waals surface area (Å²) in [5, 5.41) is -0.583. The van der Waals surface area contributed by atoms with Crippen LogP contribution in [0.5, 0.6) is 0 Å². The van der Waals surface area contributed by atoms with Gasteiger partial charge in [0.1, 0.15) is 11.0 Å². The molecule has 0 saturated carbocycles. The normalized spacial score (nSPS) is 16.7. The van der Waals surface area contributed by atoms with Crippen LogP contribution in [-0.4, -0.2) is 35.0 Å². The van der Waals surface area contributed by atoms with E-state index in [1.54, 1.807) is 12.1 Å². The number of rotatable bonds is 5. The minimum atomic E-state index is -0.831. The molecule has 1 aliphatic heterocycles. The Kier molecular flexibility index (Phi) is 6.06. The average molecular weight is 401 g/mol. The summed E-state index contributed by atoms with van der Waals surface area (Å²) < 4.78 is 32.8. The maximum Gasteiger partial charge on any atom is 0.257 e. The molecule has 4 nitrogen and oxygen atoms in total. The van der Waals surface area contributed by atoms with Crippen molar-refractivity contribution in [3.8, 4) is 0 Å².